The molecule has 0 unspecified atom stereocenters. The van der Waals surface area contributed by atoms with Crippen LogP contribution in [0.1, 0.15) is 8.22 Å². The maximum absolute atomic E-state index is 9.07. The van der Waals surface area contributed by atoms with E-state index in [4.69, 9.17) is 32.0 Å². The molecule has 4 aromatic heterocycles. The Morgan fingerprint density at radius 3 is 1.74 bits per heavy atom. The summed E-state index contributed by atoms with van der Waals surface area (Å²) in [6.45, 7) is 0. The van der Waals surface area contributed by atoms with E-state index in [0.29, 0.717) is 39.9 Å². The molecular weight excluding hydrogens is 701 g/mol. The zero-order valence-electron chi connectivity index (χ0n) is 36.0. The van der Waals surface area contributed by atoms with Gasteiger partial charge in [-0.1, -0.05) is 121 Å². The molecule has 0 N–H and O–H groups in total. The molecule has 0 spiro atoms. The van der Waals surface area contributed by atoms with Crippen LogP contribution in [0.3, 0.4) is 0 Å². The van der Waals surface area contributed by atoms with E-state index in [1.165, 1.54) is 12.1 Å². The molecule has 0 radical (unpaired) electrons. The zero-order valence-corrected chi connectivity index (χ0v) is 30.0. The van der Waals surface area contributed by atoms with Gasteiger partial charge in [0.25, 0.3) is 0 Å². The summed E-state index contributed by atoms with van der Waals surface area (Å²) in [6.07, 6.45) is 0. The molecule has 0 aliphatic rings. The predicted octanol–water partition coefficient (Wildman–Crippen LogP) is 13.4. The summed E-state index contributed by atoms with van der Waals surface area (Å²) in [5, 5.41) is 3.92. The van der Waals surface area contributed by atoms with E-state index >= 15 is 0 Å². The largest absolute Gasteiger partial charge is 0.456 e. The van der Waals surface area contributed by atoms with Gasteiger partial charge < -0.3 is 13.4 Å². The minimum atomic E-state index is -0.168. The highest BCUT2D eigenvalue weighted by molar-refractivity contribution is 6.13. The quantitative estimate of drug-likeness (QED) is 0.176. The minimum absolute atomic E-state index is 0.0276. The molecule has 0 amide bonds. The molecule has 0 aliphatic carbocycles. The maximum atomic E-state index is 9.07. The van der Waals surface area contributed by atoms with Crippen LogP contribution in [0.4, 0.5) is 0 Å². The molecule has 0 aliphatic heterocycles. The molecule has 4 heterocycles. The highest BCUT2D eigenvalue weighted by atomic mass is 16.3. The highest BCUT2D eigenvalue weighted by Crippen LogP contribution is 2.41. The van der Waals surface area contributed by atoms with Gasteiger partial charge >= 0.3 is 0 Å². The lowest BCUT2D eigenvalue weighted by Crippen LogP contribution is -2.00. The summed E-state index contributed by atoms with van der Waals surface area (Å²) in [7, 11) is 0. The Morgan fingerprint density at radius 1 is 0.404 bits per heavy atom. The lowest BCUT2D eigenvalue weighted by molar-refractivity contribution is 0.669. The number of hydrogen-bond acceptors (Lipinski definition) is 5. The average Bonchev–Trinajstić information content (AvgIpc) is 4.00. The Morgan fingerprint density at radius 2 is 1.00 bits per heavy atom. The zero-order chi connectivity index (χ0) is 42.7. The van der Waals surface area contributed by atoms with E-state index in [2.05, 4.69) is 6.07 Å². The molecule has 6 heteroatoms. The van der Waals surface area contributed by atoms with E-state index < -0.39 is 0 Å². The van der Waals surface area contributed by atoms with Gasteiger partial charge in [0.1, 0.15) is 22.3 Å². The number of hydrogen-bond donors (Lipinski definition) is 0. The van der Waals surface area contributed by atoms with Crippen molar-refractivity contribution in [1.29, 1.82) is 0 Å². The molecule has 8 aromatic carbocycles. The SMILES string of the molecule is [2H]c1cc([2H])c2c(c1[2H])c1c([2H])c([2H])cc([2H])c1n2-c1cc(-c2ccccc2)c2oc3cc(-c4nc(-c5ccccc5)nc(-c5ccc6oc7ccccc7c6c5)n4)ccc3c2c1. The molecule has 0 fully saturated rings. The Hall–Kier alpha value is -7.83. The molecular formula is C51H30N4O2. The van der Waals surface area contributed by atoms with Crippen molar-refractivity contribution in [2.75, 3.05) is 0 Å². The third-order valence-electron chi connectivity index (χ3n) is 10.6. The number of rotatable bonds is 5. The predicted molar refractivity (Wildman–Crippen MR) is 230 cm³/mol. The topological polar surface area (TPSA) is 69.9 Å². The van der Waals surface area contributed by atoms with Gasteiger partial charge in [0.05, 0.1) is 19.3 Å². The van der Waals surface area contributed by atoms with Crippen molar-refractivity contribution in [1.82, 2.24) is 19.5 Å². The van der Waals surface area contributed by atoms with Crippen LogP contribution in [0.15, 0.2) is 191 Å². The van der Waals surface area contributed by atoms with Crippen LogP contribution < -0.4 is 0 Å². The fraction of sp³-hybridized carbons (Fsp3) is 0. The summed E-state index contributed by atoms with van der Waals surface area (Å²) in [4.78, 5) is 15.0. The molecule has 266 valence electrons. The first kappa shape index (κ1) is 26.1. The van der Waals surface area contributed by atoms with E-state index in [1.54, 1.807) is 4.57 Å². The van der Waals surface area contributed by atoms with Crippen molar-refractivity contribution >= 4 is 65.7 Å². The van der Waals surface area contributed by atoms with Gasteiger partial charge in [0, 0.05) is 60.3 Å². The third-order valence-corrected chi connectivity index (χ3v) is 10.6. The molecule has 0 saturated heterocycles. The standard InChI is InChI=1S/C51H30N4O2/c1-3-13-31(14-4-1)40-29-35(55-43-20-10-7-17-36(43)37-18-8-11-21-44(37)55)30-42-39-25-23-34(28-47(39)57-48(40)42)51-53-49(32-15-5-2-6-16-32)52-50(54-51)33-24-26-46-41(27-33)38-19-9-12-22-45(38)56-46/h1-30H/i7D,8D,17D,18D,20D,21D. The monoisotopic (exact) mass is 736 g/mol. The number of para-hydroxylation sites is 3. The van der Waals surface area contributed by atoms with Gasteiger partial charge in [-0.3, -0.25) is 0 Å². The van der Waals surface area contributed by atoms with Crippen LogP contribution in [0.2, 0.25) is 0 Å². The van der Waals surface area contributed by atoms with Gasteiger partial charge in [0.15, 0.2) is 17.5 Å². The highest BCUT2D eigenvalue weighted by Gasteiger charge is 2.20. The van der Waals surface area contributed by atoms with Crippen molar-refractivity contribution in [3.05, 3.63) is 182 Å². The molecule has 57 heavy (non-hydrogen) atoms. The number of benzene rings is 8. The van der Waals surface area contributed by atoms with E-state index in [9.17, 15) is 0 Å². The lowest BCUT2D eigenvalue weighted by Gasteiger charge is -2.11. The number of nitrogens with zero attached hydrogens (tertiary/aromatic N) is 4. The molecule has 0 atom stereocenters. The van der Waals surface area contributed by atoms with Crippen LogP contribution in [0, 0.1) is 0 Å². The normalized spacial score (nSPS) is 13.3. The Labute approximate surface area is 334 Å². The van der Waals surface area contributed by atoms with Crippen LogP contribution in [-0.2, 0) is 0 Å². The summed E-state index contributed by atoms with van der Waals surface area (Å²) >= 11 is 0. The second kappa shape index (κ2) is 12.3. The summed E-state index contributed by atoms with van der Waals surface area (Å²) in [6, 6.07) is 45.1. The summed E-state index contributed by atoms with van der Waals surface area (Å²) < 4.78 is 67.6. The Bertz CT molecular complexity index is 3810. The number of fused-ring (bicyclic) bond motifs is 9. The van der Waals surface area contributed by atoms with Crippen LogP contribution in [-0.4, -0.2) is 19.5 Å². The van der Waals surface area contributed by atoms with Crippen molar-refractivity contribution in [3.8, 4) is 51.0 Å². The Kier molecular flexibility index (Phi) is 5.64. The average molecular weight is 737 g/mol. The third kappa shape index (κ3) is 5.01. The second-order valence-electron chi connectivity index (χ2n) is 13.9. The molecule has 12 rings (SSSR count). The summed E-state index contributed by atoms with van der Waals surface area (Å²) in [5.41, 5.74) is 7.88. The van der Waals surface area contributed by atoms with Crippen LogP contribution >= 0.6 is 0 Å². The molecule has 0 bridgehead atoms. The first-order valence-corrected chi connectivity index (χ1v) is 18.5. The second-order valence-corrected chi connectivity index (χ2v) is 13.9. The lowest BCUT2D eigenvalue weighted by atomic mass is 10.0. The van der Waals surface area contributed by atoms with Crippen LogP contribution in [0.25, 0.3) is 117 Å². The minimum Gasteiger partial charge on any atom is -0.456 e. The fourth-order valence-electron chi connectivity index (χ4n) is 7.95. The molecule has 12 aromatic rings. The van der Waals surface area contributed by atoms with Gasteiger partial charge in [0.2, 0.25) is 0 Å². The van der Waals surface area contributed by atoms with Gasteiger partial charge in [-0.2, -0.15) is 0 Å². The van der Waals surface area contributed by atoms with Crippen molar-refractivity contribution in [3.63, 3.8) is 0 Å². The van der Waals surface area contributed by atoms with Crippen molar-refractivity contribution in [2.24, 2.45) is 0 Å². The van der Waals surface area contributed by atoms with Gasteiger partial charge in [-0.25, -0.2) is 15.0 Å². The van der Waals surface area contributed by atoms with Crippen molar-refractivity contribution in [2.45, 2.75) is 0 Å². The van der Waals surface area contributed by atoms with E-state index in [-0.39, 0.29) is 58.1 Å². The molecule has 0 saturated carbocycles. The van der Waals surface area contributed by atoms with Crippen molar-refractivity contribution < 1.29 is 17.1 Å². The van der Waals surface area contributed by atoms with Gasteiger partial charge in [-0.05, 0) is 66.2 Å². The smallest absolute Gasteiger partial charge is 0.164 e. The fourth-order valence-corrected chi connectivity index (χ4v) is 7.95. The van der Waals surface area contributed by atoms with Crippen LogP contribution in [0.5, 0.6) is 0 Å². The first-order chi connectivity index (χ1) is 30.7. The maximum Gasteiger partial charge on any atom is 0.164 e. The number of aromatic nitrogens is 4. The Balaban J connectivity index is 1.09. The molecule has 6 nitrogen and oxygen atoms in total. The van der Waals surface area contributed by atoms with E-state index in [1.807, 2.05) is 127 Å². The first-order valence-electron chi connectivity index (χ1n) is 21.5. The number of furan rings is 2. The summed E-state index contributed by atoms with van der Waals surface area (Å²) in [5.74, 6) is 1.48. The van der Waals surface area contributed by atoms with Gasteiger partial charge in [-0.15, -0.1) is 0 Å². The van der Waals surface area contributed by atoms with E-state index in [0.717, 1.165) is 55.0 Å².